The van der Waals surface area contributed by atoms with Crippen molar-refractivity contribution in [2.24, 2.45) is 5.73 Å². The topological polar surface area (TPSA) is 196 Å². The Morgan fingerprint density at radius 2 is 1.37 bits per heavy atom. The first-order chi connectivity index (χ1) is 12.6. The van der Waals surface area contributed by atoms with E-state index in [9.17, 15) is 24.0 Å². The zero-order valence-electron chi connectivity index (χ0n) is 14.8. The van der Waals surface area contributed by atoms with E-state index in [-0.39, 0.29) is 25.7 Å². The molecule has 12 heteroatoms. The highest BCUT2D eigenvalue weighted by atomic mass is 32.2. The molecule has 0 saturated carbocycles. The first-order valence-electron chi connectivity index (χ1n) is 8.10. The predicted octanol–water partition coefficient (Wildman–Crippen LogP) is -1.15. The fraction of sp³-hybridized carbons (Fsp3) is 0.667. The third-order valence-electron chi connectivity index (χ3n) is 3.51. The van der Waals surface area contributed by atoms with Crippen LogP contribution in [0.5, 0.6) is 0 Å². The van der Waals surface area contributed by atoms with Crippen LogP contribution in [0.1, 0.15) is 32.1 Å². The van der Waals surface area contributed by atoms with E-state index in [1.165, 1.54) is 11.8 Å². The Morgan fingerprint density at radius 3 is 1.85 bits per heavy atom. The van der Waals surface area contributed by atoms with Gasteiger partial charge in [-0.25, -0.2) is 4.79 Å². The first-order valence-corrected chi connectivity index (χ1v) is 9.49. The summed E-state index contributed by atoms with van der Waals surface area (Å²) >= 11 is 1.40. The summed E-state index contributed by atoms with van der Waals surface area (Å²) in [7, 11) is 0. The van der Waals surface area contributed by atoms with E-state index in [4.69, 9.17) is 21.1 Å². The third-order valence-corrected chi connectivity index (χ3v) is 4.16. The van der Waals surface area contributed by atoms with Crippen molar-refractivity contribution in [2.75, 3.05) is 12.0 Å². The molecule has 0 fully saturated rings. The van der Waals surface area contributed by atoms with E-state index in [1.807, 2.05) is 0 Å². The van der Waals surface area contributed by atoms with E-state index in [0.717, 1.165) is 0 Å². The van der Waals surface area contributed by atoms with Gasteiger partial charge in [0, 0.05) is 12.8 Å². The molecule has 3 atom stereocenters. The van der Waals surface area contributed by atoms with E-state index >= 15 is 0 Å². The van der Waals surface area contributed by atoms with Gasteiger partial charge in [-0.1, -0.05) is 0 Å². The lowest BCUT2D eigenvalue weighted by atomic mass is 10.1. The van der Waals surface area contributed by atoms with Crippen LogP contribution in [0, 0.1) is 0 Å². The van der Waals surface area contributed by atoms with Gasteiger partial charge in [0.25, 0.3) is 0 Å². The lowest BCUT2D eigenvalue weighted by Gasteiger charge is -2.22. The molecule has 0 aliphatic carbocycles. The van der Waals surface area contributed by atoms with Gasteiger partial charge in [-0.2, -0.15) is 11.8 Å². The summed E-state index contributed by atoms with van der Waals surface area (Å²) < 4.78 is 0. The number of carboxylic acid groups (broad SMARTS) is 3. The van der Waals surface area contributed by atoms with E-state index < -0.39 is 54.3 Å². The number of nitrogens with one attached hydrogen (secondary N) is 2. The lowest BCUT2D eigenvalue weighted by Crippen LogP contribution is -2.54. The fourth-order valence-electron chi connectivity index (χ4n) is 1.99. The van der Waals surface area contributed by atoms with Crippen molar-refractivity contribution >= 4 is 41.5 Å². The molecule has 0 aromatic rings. The smallest absolute Gasteiger partial charge is 0.326 e. The maximum Gasteiger partial charge on any atom is 0.326 e. The number of aliphatic carboxylic acids is 3. The number of carboxylic acids is 3. The molecule has 11 nitrogen and oxygen atoms in total. The minimum Gasteiger partial charge on any atom is -0.481 e. The van der Waals surface area contributed by atoms with Gasteiger partial charge in [0.1, 0.15) is 12.1 Å². The van der Waals surface area contributed by atoms with Crippen molar-refractivity contribution in [1.29, 1.82) is 0 Å². The summed E-state index contributed by atoms with van der Waals surface area (Å²) in [5, 5.41) is 31.0. The lowest BCUT2D eigenvalue weighted by molar-refractivity contribution is -0.143. The van der Waals surface area contributed by atoms with Crippen LogP contribution in [0.15, 0.2) is 0 Å². The second kappa shape index (κ2) is 12.9. The summed E-state index contributed by atoms with van der Waals surface area (Å²) in [6.07, 6.45) is 0.787. The molecule has 0 radical (unpaired) electrons. The quantitative estimate of drug-likeness (QED) is 0.204. The normalized spacial score (nSPS) is 13.9. The average molecular weight is 407 g/mol. The third kappa shape index (κ3) is 11.1. The molecular formula is C15H25N3O8S. The van der Waals surface area contributed by atoms with E-state index in [0.29, 0.717) is 5.75 Å². The molecule has 7 N–H and O–H groups in total. The van der Waals surface area contributed by atoms with E-state index in [1.54, 1.807) is 6.26 Å². The maximum atomic E-state index is 12.4. The molecule has 0 aliphatic rings. The summed E-state index contributed by atoms with van der Waals surface area (Å²) in [6.45, 7) is 0. The van der Waals surface area contributed by atoms with Crippen LogP contribution in [-0.2, 0) is 24.0 Å². The molecular weight excluding hydrogens is 382 g/mol. The Labute approximate surface area is 160 Å². The minimum atomic E-state index is -1.41. The van der Waals surface area contributed by atoms with Gasteiger partial charge < -0.3 is 31.7 Å². The van der Waals surface area contributed by atoms with Crippen molar-refractivity contribution in [3.63, 3.8) is 0 Å². The molecule has 27 heavy (non-hydrogen) atoms. The first kappa shape index (κ1) is 24.7. The molecule has 0 bridgehead atoms. The molecule has 0 aromatic carbocycles. The summed E-state index contributed by atoms with van der Waals surface area (Å²) in [5.41, 5.74) is 5.60. The highest BCUT2D eigenvalue weighted by Crippen LogP contribution is 2.05. The second-order valence-corrected chi connectivity index (χ2v) is 6.70. The van der Waals surface area contributed by atoms with Gasteiger partial charge in [0.2, 0.25) is 11.8 Å². The number of hydrogen-bond acceptors (Lipinski definition) is 7. The molecule has 2 amide bonds. The highest BCUT2D eigenvalue weighted by Gasteiger charge is 2.28. The van der Waals surface area contributed by atoms with Gasteiger partial charge >= 0.3 is 17.9 Å². The summed E-state index contributed by atoms with van der Waals surface area (Å²) in [5.74, 6) is -4.73. The number of hydrogen-bond donors (Lipinski definition) is 6. The van der Waals surface area contributed by atoms with Crippen LogP contribution >= 0.6 is 11.8 Å². The largest absolute Gasteiger partial charge is 0.481 e. The predicted molar refractivity (Wildman–Crippen MR) is 96.2 cm³/mol. The molecule has 0 rings (SSSR count). The molecule has 0 heterocycles. The van der Waals surface area contributed by atoms with Gasteiger partial charge in [-0.3, -0.25) is 19.2 Å². The molecule has 0 aromatic heterocycles. The molecule has 0 unspecified atom stereocenters. The molecule has 0 saturated heterocycles. The van der Waals surface area contributed by atoms with Crippen LogP contribution < -0.4 is 16.4 Å². The van der Waals surface area contributed by atoms with Crippen molar-refractivity contribution in [1.82, 2.24) is 10.6 Å². The summed E-state index contributed by atoms with van der Waals surface area (Å²) in [6, 6.07) is -3.62. The Morgan fingerprint density at radius 1 is 0.852 bits per heavy atom. The molecule has 154 valence electrons. The Hall–Kier alpha value is -2.34. The standard InChI is InChI=1S/C15H25N3O8S/c1-27-7-6-9(17-13(23)8(16)2-4-11(19)20)14(24)18-10(15(25)26)3-5-12(21)22/h8-10H,2-7,16H2,1H3,(H,17,23)(H,18,24)(H,19,20)(H,21,22)(H,25,26)/t8-,9-,10-/m0/s1. The summed E-state index contributed by atoms with van der Waals surface area (Å²) in [4.78, 5) is 56.7. The average Bonchev–Trinajstić information content (AvgIpc) is 2.58. The zero-order valence-corrected chi connectivity index (χ0v) is 15.7. The highest BCUT2D eigenvalue weighted by molar-refractivity contribution is 7.98. The molecule has 0 spiro atoms. The van der Waals surface area contributed by atoms with Crippen molar-refractivity contribution in [3.8, 4) is 0 Å². The number of amides is 2. The van der Waals surface area contributed by atoms with Crippen LogP contribution in [0.25, 0.3) is 0 Å². The van der Waals surface area contributed by atoms with Gasteiger partial charge in [0.05, 0.1) is 6.04 Å². The number of carbonyl (C=O) groups is 5. The zero-order chi connectivity index (χ0) is 21.0. The van der Waals surface area contributed by atoms with Gasteiger partial charge in [0.15, 0.2) is 0 Å². The number of thioether (sulfide) groups is 1. The van der Waals surface area contributed by atoms with E-state index in [2.05, 4.69) is 10.6 Å². The van der Waals surface area contributed by atoms with Crippen molar-refractivity contribution < 1.29 is 39.3 Å². The van der Waals surface area contributed by atoms with Gasteiger partial charge in [-0.05, 0) is 31.3 Å². The fourth-order valence-corrected chi connectivity index (χ4v) is 2.46. The SMILES string of the molecule is CSCC[C@H](NC(=O)[C@@H](N)CCC(=O)O)C(=O)N[C@@H](CCC(=O)O)C(=O)O. The van der Waals surface area contributed by atoms with Crippen molar-refractivity contribution in [2.45, 2.75) is 50.2 Å². The van der Waals surface area contributed by atoms with Crippen LogP contribution in [-0.4, -0.2) is 75.2 Å². The number of rotatable bonds is 14. The second-order valence-electron chi connectivity index (χ2n) is 5.71. The number of nitrogens with two attached hydrogens (primary N) is 1. The Bertz CT molecular complexity index is 557. The van der Waals surface area contributed by atoms with Crippen molar-refractivity contribution in [3.05, 3.63) is 0 Å². The van der Waals surface area contributed by atoms with Crippen LogP contribution in [0.4, 0.5) is 0 Å². The Kier molecular flexibility index (Phi) is 11.8. The van der Waals surface area contributed by atoms with Crippen LogP contribution in [0.3, 0.4) is 0 Å². The monoisotopic (exact) mass is 407 g/mol. The Balaban J connectivity index is 4.95. The van der Waals surface area contributed by atoms with Crippen LogP contribution in [0.2, 0.25) is 0 Å². The maximum absolute atomic E-state index is 12.4. The molecule has 0 aliphatic heterocycles. The number of carbonyl (C=O) groups excluding carboxylic acids is 2. The minimum absolute atomic E-state index is 0.117. The van der Waals surface area contributed by atoms with Gasteiger partial charge in [-0.15, -0.1) is 0 Å².